The molecule has 2 aromatic carbocycles. The van der Waals surface area contributed by atoms with Crippen molar-refractivity contribution in [1.29, 1.82) is 0 Å². The zero-order chi connectivity index (χ0) is 22.7. The fourth-order valence-electron chi connectivity index (χ4n) is 3.11. The summed E-state index contributed by atoms with van der Waals surface area (Å²) in [4.78, 5) is 0. The number of rotatable bonds is 3. The first-order valence-electron chi connectivity index (χ1n) is 8.76. The van der Waals surface area contributed by atoms with Gasteiger partial charge in [-0.15, -0.1) is 0 Å². The van der Waals surface area contributed by atoms with Crippen molar-refractivity contribution in [2.24, 2.45) is 0 Å². The van der Waals surface area contributed by atoms with Crippen LogP contribution in [0.3, 0.4) is 0 Å². The van der Waals surface area contributed by atoms with E-state index in [1.807, 2.05) is 30.3 Å². The molecule has 0 radical (unpaired) electrons. The van der Waals surface area contributed by atoms with Crippen molar-refractivity contribution in [3.05, 3.63) is 77.1 Å². The van der Waals surface area contributed by atoms with Crippen LogP contribution in [0.15, 0.2) is 36.7 Å². The lowest BCUT2D eigenvalue weighted by molar-refractivity contribution is -0.742. The molecule has 1 unspecified atom stereocenters. The maximum Gasteiger partial charge on any atom is 0.762 e. The smallest absolute Gasteiger partial charge is 0.762 e. The van der Waals surface area contributed by atoms with E-state index in [-0.39, 0.29) is 17.4 Å². The van der Waals surface area contributed by atoms with E-state index in [4.69, 9.17) is 4.74 Å². The molecule has 1 aromatic heterocycles. The predicted molar refractivity (Wildman–Crippen MR) is 91.5 cm³/mol. The van der Waals surface area contributed by atoms with Gasteiger partial charge in [-0.25, -0.2) is 17.7 Å². The molecule has 1 atom stereocenters. The zero-order valence-electron chi connectivity index (χ0n) is 15.9. The van der Waals surface area contributed by atoms with Crippen molar-refractivity contribution in [2.75, 3.05) is 6.61 Å². The van der Waals surface area contributed by atoms with Crippen LogP contribution in [-0.4, -0.2) is 23.9 Å². The highest BCUT2D eigenvalue weighted by molar-refractivity contribution is 6.33. The van der Waals surface area contributed by atoms with Crippen molar-refractivity contribution in [1.82, 2.24) is 9.78 Å². The number of hydrogen-bond acceptors (Lipinski definition) is 2. The van der Waals surface area contributed by atoms with Gasteiger partial charge in [0.25, 0.3) is 0 Å². The van der Waals surface area contributed by atoms with E-state index >= 15 is 0 Å². The third-order valence-electron chi connectivity index (χ3n) is 4.42. The van der Waals surface area contributed by atoms with Crippen molar-refractivity contribution in [2.45, 2.75) is 19.1 Å². The molecule has 2 heterocycles. The van der Waals surface area contributed by atoms with E-state index in [1.54, 1.807) is 4.57 Å². The van der Waals surface area contributed by atoms with Crippen LogP contribution in [0.1, 0.15) is 17.4 Å². The van der Waals surface area contributed by atoms with Crippen molar-refractivity contribution in [3.63, 3.8) is 0 Å². The van der Waals surface area contributed by atoms with Gasteiger partial charge in [0.15, 0.2) is 0 Å². The molecule has 32 heavy (non-hydrogen) atoms. The number of halogens is 9. The Bertz CT molecular complexity index is 1030. The third kappa shape index (κ3) is 5.23. The van der Waals surface area contributed by atoms with E-state index in [0.717, 1.165) is 5.56 Å². The van der Waals surface area contributed by atoms with Crippen molar-refractivity contribution < 1.29 is 48.9 Å². The van der Waals surface area contributed by atoms with Crippen LogP contribution in [0.25, 0.3) is 5.69 Å². The highest BCUT2D eigenvalue weighted by Gasteiger charge is 2.35. The largest absolute Gasteiger partial charge is 1.00 e. The van der Waals surface area contributed by atoms with Gasteiger partial charge in [-0.05, 0) is 5.56 Å². The Kier molecular flexibility index (Phi) is 8.30. The van der Waals surface area contributed by atoms with Crippen LogP contribution in [-0.2, 0) is 17.8 Å². The first-order valence-corrected chi connectivity index (χ1v) is 8.76. The van der Waals surface area contributed by atoms with Crippen LogP contribution in [0, 0.1) is 29.1 Å². The summed E-state index contributed by atoms with van der Waals surface area (Å²) >= 11 is 0. The number of fused-ring (bicyclic) bond motifs is 1. The first-order chi connectivity index (χ1) is 14.7. The second-order valence-corrected chi connectivity index (χ2v) is 6.41. The SMILES string of the molecule is FB(F)F.Fc1c(F)c(F)c(-n2c[n+]3c(n2)COCC3Cc2ccccc2)c(F)c1F.[F-]. The van der Waals surface area contributed by atoms with Gasteiger partial charge in [-0.3, -0.25) is 12.9 Å². The average molecular weight is 469 g/mol. The second kappa shape index (κ2) is 10.5. The minimum Gasteiger partial charge on any atom is -1.00 e. The molecule has 14 heteroatoms. The molecule has 1 aliphatic heterocycles. The number of benzene rings is 2. The fraction of sp³-hybridized carbons (Fsp3) is 0.222. The summed E-state index contributed by atoms with van der Waals surface area (Å²) in [5.74, 6) is -9.78. The van der Waals surface area contributed by atoms with Crippen LogP contribution in [0.4, 0.5) is 34.9 Å². The Labute approximate surface area is 175 Å². The molecule has 0 aliphatic carbocycles. The minimum atomic E-state index is -3.67. The van der Waals surface area contributed by atoms with Crippen LogP contribution >= 0.6 is 0 Å². The van der Waals surface area contributed by atoms with E-state index in [9.17, 15) is 34.9 Å². The molecule has 0 bridgehead atoms. The van der Waals surface area contributed by atoms with Gasteiger partial charge in [-0.1, -0.05) is 35.0 Å². The number of hydrogen-bond donors (Lipinski definition) is 0. The fourth-order valence-corrected chi connectivity index (χ4v) is 3.11. The quantitative estimate of drug-likeness (QED) is 0.189. The topological polar surface area (TPSA) is 30.9 Å². The summed E-state index contributed by atoms with van der Waals surface area (Å²) in [6.45, 7) is 0.392. The van der Waals surface area contributed by atoms with E-state index < -0.39 is 42.3 Å². The summed E-state index contributed by atoms with van der Waals surface area (Å²) in [5.41, 5.74) is -0.109. The lowest BCUT2D eigenvalue weighted by atomic mass is 10.1. The maximum absolute atomic E-state index is 14.1. The second-order valence-electron chi connectivity index (χ2n) is 6.41. The van der Waals surface area contributed by atoms with Gasteiger partial charge < -0.3 is 9.44 Å². The maximum atomic E-state index is 14.1. The molecule has 4 rings (SSSR count). The monoisotopic (exact) mass is 469 g/mol. The van der Waals surface area contributed by atoms with Crippen LogP contribution in [0.5, 0.6) is 0 Å². The van der Waals surface area contributed by atoms with Crippen molar-refractivity contribution >= 4 is 7.54 Å². The normalized spacial score (nSPS) is 14.7. The highest BCUT2D eigenvalue weighted by atomic mass is 19.4. The van der Waals surface area contributed by atoms with Gasteiger partial charge in [0.1, 0.15) is 12.6 Å². The highest BCUT2D eigenvalue weighted by Crippen LogP contribution is 2.26. The van der Waals surface area contributed by atoms with Crippen LogP contribution < -0.4 is 9.27 Å². The van der Waals surface area contributed by atoms with Crippen LogP contribution in [0.2, 0.25) is 0 Å². The summed E-state index contributed by atoms with van der Waals surface area (Å²) in [6.07, 6.45) is 1.78. The molecular formula is C18H13BF9N3O. The van der Waals surface area contributed by atoms with E-state index in [2.05, 4.69) is 5.10 Å². The lowest BCUT2D eigenvalue weighted by Gasteiger charge is -2.19. The van der Waals surface area contributed by atoms with Gasteiger partial charge >= 0.3 is 13.4 Å². The summed E-state index contributed by atoms with van der Waals surface area (Å²) < 4.78 is 105. The van der Waals surface area contributed by atoms with Gasteiger partial charge in [0.05, 0.1) is 6.61 Å². The Morgan fingerprint density at radius 2 is 1.47 bits per heavy atom. The molecule has 0 N–H and O–H groups in total. The molecule has 0 spiro atoms. The summed E-state index contributed by atoms with van der Waals surface area (Å²) in [5, 5.41) is 3.97. The molecule has 4 nitrogen and oxygen atoms in total. The minimum absolute atomic E-state index is 0. The van der Waals surface area contributed by atoms with Crippen molar-refractivity contribution in [3.8, 4) is 5.69 Å². The number of aromatic nitrogens is 3. The molecule has 0 amide bonds. The average Bonchev–Trinajstić information content (AvgIpc) is 3.16. The molecule has 3 aromatic rings. The standard InChI is InChI=1S/C18H13F5N3O.BF3.FH/c19-13-14(20)16(22)18(17(23)15(13)21)26-9-25-11(7-27-8-12(25)24-26)6-10-4-2-1-3-5-10;2-1(3)4;/h1-5,9,11H,6-8H2;;1H/q+1;;/p-1. The van der Waals surface area contributed by atoms with E-state index in [0.29, 0.717) is 23.5 Å². The van der Waals surface area contributed by atoms with Gasteiger partial charge in [-0.2, -0.15) is 8.78 Å². The van der Waals surface area contributed by atoms with E-state index in [1.165, 1.54) is 6.33 Å². The lowest BCUT2D eigenvalue weighted by Crippen LogP contribution is -3.00. The van der Waals surface area contributed by atoms with Gasteiger partial charge in [0.2, 0.25) is 41.1 Å². The molecule has 0 saturated heterocycles. The molecule has 0 fully saturated rings. The Morgan fingerprint density at radius 3 is 2.03 bits per heavy atom. The Balaban J connectivity index is 0.000000672. The van der Waals surface area contributed by atoms with Gasteiger partial charge in [0, 0.05) is 11.5 Å². The summed E-state index contributed by atoms with van der Waals surface area (Å²) in [6, 6.07) is 9.24. The number of ether oxygens (including phenoxy) is 1. The zero-order valence-corrected chi connectivity index (χ0v) is 15.9. The Morgan fingerprint density at radius 1 is 0.938 bits per heavy atom. The first kappa shape index (κ1) is 25.2. The Hall–Kier alpha value is -3.03. The molecule has 0 saturated carbocycles. The molecule has 1 aliphatic rings. The molecular weight excluding hydrogens is 456 g/mol. The predicted octanol–water partition coefficient (Wildman–Crippen LogP) is 1.05. The number of nitrogens with zero attached hydrogens (tertiary/aromatic N) is 3. The molecule has 172 valence electrons. The third-order valence-corrected chi connectivity index (χ3v) is 4.42. The summed E-state index contributed by atoms with van der Waals surface area (Å²) in [7, 11) is -3.67.